The van der Waals surface area contributed by atoms with E-state index in [0.717, 1.165) is 33.0 Å². The van der Waals surface area contributed by atoms with Crippen LogP contribution in [0.3, 0.4) is 0 Å². The molecule has 0 aliphatic rings. The smallest absolute Gasteiger partial charge is 0.257 e. The second-order valence-corrected chi connectivity index (χ2v) is 6.69. The van der Waals surface area contributed by atoms with Crippen molar-refractivity contribution in [1.82, 2.24) is 14.1 Å². The molecule has 23 heavy (non-hydrogen) atoms. The zero-order chi connectivity index (χ0) is 16.4. The van der Waals surface area contributed by atoms with Crippen LogP contribution in [-0.2, 0) is 0 Å². The molecule has 0 spiro atoms. The lowest BCUT2D eigenvalue weighted by molar-refractivity contribution is 0.0978. The number of halogens is 1. The molecule has 1 amide bonds. The van der Waals surface area contributed by atoms with Crippen molar-refractivity contribution in [2.45, 2.75) is 6.92 Å². The Bertz CT molecular complexity index is 909. The molecule has 1 aromatic heterocycles. The number of rotatable bonds is 2. The van der Waals surface area contributed by atoms with Gasteiger partial charge in [-0.25, -0.2) is 0 Å². The van der Waals surface area contributed by atoms with E-state index in [1.807, 2.05) is 25.1 Å². The maximum absolute atomic E-state index is 12.3. The van der Waals surface area contributed by atoms with Gasteiger partial charge in [0.05, 0.1) is 11.7 Å². The van der Waals surface area contributed by atoms with Crippen molar-refractivity contribution in [3.63, 3.8) is 0 Å². The molecule has 0 fully saturated rings. The molecule has 2 aromatic carbocycles. The molecule has 5 nitrogen and oxygen atoms in total. The SMILES string of the molecule is Cc1cc(Br)ccc1NC(=S)NC(=O)c1ccc2nsnc2c1. The van der Waals surface area contributed by atoms with Crippen LogP contribution in [0, 0.1) is 6.92 Å². The molecular formula is C15H11BrN4OS2. The second kappa shape index (κ2) is 6.69. The van der Waals surface area contributed by atoms with Crippen molar-refractivity contribution in [2.75, 3.05) is 5.32 Å². The van der Waals surface area contributed by atoms with E-state index in [9.17, 15) is 4.79 Å². The zero-order valence-electron chi connectivity index (χ0n) is 12.0. The van der Waals surface area contributed by atoms with Crippen molar-refractivity contribution in [2.24, 2.45) is 0 Å². The molecule has 2 N–H and O–H groups in total. The molecule has 0 unspecified atom stereocenters. The highest BCUT2D eigenvalue weighted by Crippen LogP contribution is 2.20. The number of hydrogen-bond acceptors (Lipinski definition) is 5. The number of carbonyl (C=O) groups excluding carboxylic acids is 1. The lowest BCUT2D eigenvalue weighted by Gasteiger charge is -2.12. The van der Waals surface area contributed by atoms with E-state index in [-0.39, 0.29) is 11.0 Å². The minimum atomic E-state index is -0.285. The third-order valence-electron chi connectivity index (χ3n) is 3.18. The molecule has 3 aromatic rings. The van der Waals surface area contributed by atoms with E-state index in [2.05, 4.69) is 35.3 Å². The quantitative estimate of drug-likeness (QED) is 0.631. The highest BCUT2D eigenvalue weighted by Gasteiger charge is 2.10. The van der Waals surface area contributed by atoms with Gasteiger partial charge in [-0.3, -0.25) is 10.1 Å². The Kier molecular flexibility index (Phi) is 4.65. The highest BCUT2D eigenvalue weighted by atomic mass is 79.9. The van der Waals surface area contributed by atoms with Gasteiger partial charge in [0, 0.05) is 15.7 Å². The number of nitrogens with zero attached hydrogens (tertiary/aromatic N) is 2. The summed E-state index contributed by atoms with van der Waals surface area (Å²) in [4.78, 5) is 12.3. The molecular weight excluding hydrogens is 396 g/mol. The first kappa shape index (κ1) is 16.0. The fourth-order valence-corrected chi connectivity index (χ4v) is 3.22. The fraction of sp³-hybridized carbons (Fsp3) is 0.0667. The molecule has 8 heteroatoms. The van der Waals surface area contributed by atoms with Crippen LogP contribution in [0.5, 0.6) is 0 Å². The lowest BCUT2D eigenvalue weighted by atomic mass is 10.2. The molecule has 0 atom stereocenters. The van der Waals surface area contributed by atoms with Crippen molar-refractivity contribution in [3.05, 3.63) is 52.0 Å². The average molecular weight is 407 g/mol. The van der Waals surface area contributed by atoms with Gasteiger partial charge in [0.15, 0.2) is 5.11 Å². The Morgan fingerprint density at radius 2 is 1.96 bits per heavy atom. The number of benzene rings is 2. The number of thiocarbonyl (C=S) groups is 1. The van der Waals surface area contributed by atoms with Crippen LogP contribution in [-0.4, -0.2) is 19.8 Å². The van der Waals surface area contributed by atoms with Crippen LogP contribution in [0.2, 0.25) is 0 Å². The topological polar surface area (TPSA) is 66.9 Å². The molecule has 1 heterocycles. The third-order valence-corrected chi connectivity index (χ3v) is 4.43. The number of anilines is 1. The predicted octanol–water partition coefficient (Wildman–Crippen LogP) is 3.89. The normalized spacial score (nSPS) is 10.5. The average Bonchev–Trinajstić information content (AvgIpc) is 2.97. The Morgan fingerprint density at radius 1 is 1.17 bits per heavy atom. The summed E-state index contributed by atoms with van der Waals surface area (Å²) < 4.78 is 9.22. The summed E-state index contributed by atoms with van der Waals surface area (Å²) in [6.07, 6.45) is 0. The molecule has 0 aliphatic heterocycles. The van der Waals surface area contributed by atoms with Crippen LogP contribution in [0.1, 0.15) is 15.9 Å². The molecule has 0 bridgehead atoms. The number of amides is 1. The number of fused-ring (bicyclic) bond motifs is 1. The van der Waals surface area contributed by atoms with Gasteiger partial charge < -0.3 is 5.32 Å². The Hall–Kier alpha value is -1.90. The summed E-state index contributed by atoms with van der Waals surface area (Å²) in [6, 6.07) is 10.9. The van der Waals surface area contributed by atoms with Gasteiger partial charge in [-0.15, -0.1) is 0 Å². The molecule has 116 valence electrons. The Balaban J connectivity index is 1.70. The maximum Gasteiger partial charge on any atom is 0.257 e. The Morgan fingerprint density at radius 3 is 2.74 bits per heavy atom. The molecule has 3 rings (SSSR count). The standard InChI is InChI=1S/C15H11BrN4OS2/c1-8-6-10(16)3-5-11(8)17-15(22)18-14(21)9-2-4-12-13(7-9)20-23-19-12/h2-7H,1H3,(H2,17,18,21,22). The molecule has 0 saturated heterocycles. The second-order valence-electron chi connectivity index (χ2n) is 4.84. The van der Waals surface area contributed by atoms with Crippen molar-refractivity contribution in [1.29, 1.82) is 0 Å². The van der Waals surface area contributed by atoms with Gasteiger partial charge in [0.1, 0.15) is 11.0 Å². The van der Waals surface area contributed by atoms with Gasteiger partial charge in [-0.1, -0.05) is 15.9 Å². The third kappa shape index (κ3) is 3.72. The number of aromatic nitrogens is 2. The van der Waals surface area contributed by atoms with E-state index in [1.165, 1.54) is 0 Å². The summed E-state index contributed by atoms with van der Waals surface area (Å²) in [7, 11) is 0. The van der Waals surface area contributed by atoms with Gasteiger partial charge in [0.2, 0.25) is 0 Å². The van der Waals surface area contributed by atoms with E-state index in [1.54, 1.807) is 18.2 Å². The van der Waals surface area contributed by atoms with Gasteiger partial charge in [-0.2, -0.15) is 8.75 Å². The Labute approximate surface area is 150 Å². The van der Waals surface area contributed by atoms with Crippen molar-refractivity contribution in [3.8, 4) is 0 Å². The summed E-state index contributed by atoms with van der Waals surface area (Å²) in [5, 5.41) is 5.94. The molecule has 0 saturated carbocycles. The fourth-order valence-electron chi connectivity index (χ4n) is 2.02. The van der Waals surface area contributed by atoms with Crippen LogP contribution in [0.25, 0.3) is 11.0 Å². The van der Waals surface area contributed by atoms with Crippen LogP contribution in [0.15, 0.2) is 40.9 Å². The summed E-state index contributed by atoms with van der Waals surface area (Å²) in [6.45, 7) is 1.96. The largest absolute Gasteiger partial charge is 0.332 e. The monoisotopic (exact) mass is 406 g/mol. The summed E-state index contributed by atoms with van der Waals surface area (Å²) in [5.74, 6) is -0.285. The van der Waals surface area contributed by atoms with Crippen LogP contribution < -0.4 is 10.6 Å². The van der Waals surface area contributed by atoms with Gasteiger partial charge >= 0.3 is 0 Å². The van der Waals surface area contributed by atoms with E-state index >= 15 is 0 Å². The van der Waals surface area contributed by atoms with Gasteiger partial charge in [-0.05, 0) is 61.1 Å². The lowest BCUT2D eigenvalue weighted by Crippen LogP contribution is -2.34. The minimum absolute atomic E-state index is 0.247. The maximum atomic E-state index is 12.3. The van der Waals surface area contributed by atoms with E-state index < -0.39 is 0 Å². The predicted molar refractivity (Wildman–Crippen MR) is 100.0 cm³/mol. The first-order valence-corrected chi connectivity index (χ1v) is 8.57. The van der Waals surface area contributed by atoms with E-state index in [4.69, 9.17) is 12.2 Å². The number of carbonyl (C=O) groups is 1. The van der Waals surface area contributed by atoms with Crippen molar-refractivity contribution >= 4 is 67.6 Å². The van der Waals surface area contributed by atoms with Crippen molar-refractivity contribution < 1.29 is 4.79 Å². The number of nitrogens with one attached hydrogen (secondary N) is 2. The number of hydrogen-bond donors (Lipinski definition) is 2. The van der Waals surface area contributed by atoms with Gasteiger partial charge in [0.25, 0.3) is 5.91 Å². The van der Waals surface area contributed by atoms with Crippen LogP contribution in [0.4, 0.5) is 5.69 Å². The molecule has 0 radical (unpaired) electrons. The number of aryl methyl sites for hydroxylation is 1. The summed E-state index contributed by atoms with van der Waals surface area (Å²) in [5.41, 5.74) is 3.83. The zero-order valence-corrected chi connectivity index (χ0v) is 15.2. The van der Waals surface area contributed by atoms with Crippen LogP contribution >= 0.6 is 39.9 Å². The minimum Gasteiger partial charge on any atom is -0.332 e. The van der Waals surface area contributed by atoms with E-state index in [0.29, 0.717) is 11.1 Å². The first-order chi connectivity index (χ1) is 11.0. The molecule has 0 aliphatic carbocycles. The summed E-state index contributed by atoms with van der Waals surface area (Å²) >= 11 is 9.73. The highest BCUT2D eigenvalue weighted by molar-refractivity contribution is 9.10. The first-order valence-electron chi connectivity index (χ1n) is 6.64.